The number of hydrogen-bond donors (Lipinski definition) is 1. The maximum Gasteiger partial charge on any atom is 0.264 e. The zero-order valence-corrected chi connectivity index (χ0v) is 18.6. The van der Waals surface area contributed by atoms with Crippen molar-refractivity contribution in [2.75, 3.05) is 17.9 Å². The Morgan fingerprint density at radius 2 is 1.72 bits per heavy atom. The standard InChI is InChI=1S/C23H32N2O3S/c1-5-7-10-19(6-2)17-24-23(26)21-11-8-9-12-22(21)25(4)29(27,28)20-15-13-18(3)14-16-20/h8-9,11-16,19H,5-7,10,17H2,1-4H3,(H,24,26)/t19-/m1/s1. The molecule has 0 aliphatic heterocycles. The van der Waals surface area contributed by atoms with Gasteiger partial charge in [0.05, 0.1) is 16.1 Å². The first-order valence-corrected chi connectivity index (χ1v) is 11.7. The molecule has 1 amide bonds. The molecule has 0 spiro atoms. The van der Waals surface area contributed by atoms with Crippen LogP contribution in [-0.2, 0) is 10.0 Å². The van der Waals surface area contributed by atoms with Crippen molar-refractivity contribution in [1.82, 2.24) is 5.32 Å². The number of hydrogen-bond acceptors (Lipinski definition) is 3. The molecule has 0 aliphatic carbocycles. The first-order chi connectivity index (χ1) is 13.8. The van der Waals surface area contributed by atoms with Gasteiger partial charge in [0.15, 0.2) is 0 Å². The fourth-order valence-electron chi connectivity index (χ4n) is 3.21. The highest BCUT2D eigenvalue weighted by Gasteiger charge is 2.25. The summed E-state index contributed by atoms with van der Waals surface area (Å²) in [5.74, 6) is 0.182. The van der Waals surface area contributed by atoms with Crippen molar-refractivity contribution in [2.24, 2.45) is 5.92 Å². The third kappa shape index (κ3) is 5.82. The van der Waals surface area contributed by atoms with Gasteiger partial charge < -0.3 is 5.32 Å². The van der Waals surface area contributed by atoms with E-state index >= 15 is 0 Å². The minimum absolute atomic E-state index is 0.200. The number of nitrogens with one attached hydrogen (secondary N) is 1. The highest BCUT2D eigenvalue weighted by Crippen LogP contribution is 2.26. The summed E-state index contributed by atoms with van der Waals surface area (Å²) in [6.07, 6.45) is 4.36. The van der Waals surface area contributed by atoms with E-state index in [1.807, 2.05) is 6.92 Å². The second kappa shape index (κ2) is 10.4. The average molecular weight is 417 g/mol. The molecule has 0 heterocycles. The number of carbonyl (C=O) groups is 1. The second-order valence-electron chi connectivity index (χ2n) is 7.43. The highest BCUT2D eigenvalue weighted by atomic mass is 32.2. The lowest BCUT2D eigenvalue weighted by Gasteiger charge is -2.23. The summed E-state index contributed by atoms with van der Waals surface area (Å²) in [5.41, 5.74) is 1.71. The average Bonchev–Trinajstić information content (AvgIpc) is 2.73. The van der Waals surface area contributed by atoms with E-state index in [9.17, 15) is 13.2 Å². The van der Waals surface area contributed by atoms with Crippen LogP contribution in [-0.4, -0.2) is 27.9 Å². The number of benzene rings is 2. The van der Waals surface area contributed by atoms with Crippen molar-refractivity contribution < 1.29 is 13.2 Å². The van der Waals surface area contributed by atoms with E-state index < -0.39 is 10.0 Å². The highest BCUT2D eigenvalue weighted by molar-refractivity contribution is 7.92. The molecule has 1 atom stereocenters. The molecule has 29 heavy (non-hydrogen) atoms. The van der Waals surface area contributed by atoms with Crippen molar-refractivity contribution in [1.29, 1.82) is 0 Å². The maximum atomic E-state index is 13.0. The maximum absolute atomic E-state index is 13.0. The minimum atomic E-state index is -3.76. The van der Waals surface area contributed by atoms with Gasteiger partial charge >= 0.3 is 0 Å². The Morgan fingerprint density at radius 3 is 2.34 bits per heavy atom. The molecule has 0 aromatic heterocycles. The first-order valence-electron chi connectivity index (χ1n) is 10.2. The van der Waals surface area contributed by atoms with Crippen molar-refractivity contribution in [3.8, 4) is 0 Å². The van der Waals surface area contributed by atoms with E-state index in [0.717, 1.165) is 31.2 Å². The zero-order chi connectivity index (χ0) is 21.4. The Hall–Kier alpha value is -2.34. The van der Waals surface area contributed by atoms with E-state index in [-0.39, 0.29) is 10.8 Å². The molecule has 158 valence electrons. The first kappa shape index (κ1) is 22.9. The molecule has 0 unspecified atom stereocenters. The van der Waals surface area contributed by atoms with Gasteiger partial charge in [-0.15, -0.1) is 0 Å². The van der Waals surface area contributed by atoms with Gasteiger partial charge in [0.25, 0.3) is 15.9 Å². The molecule has 0 saturated carbocycles. The smallest absolute Gasteiger partial charge is 0.264 e. The monoisotopic (exact) mass is 416 g/mol. The summed E-state index contributed by atoms with van der Waals surface area (Å²) >= 11 is 0. The molecule has 5 nitrogen and oxygen atoms in total. The van der Waals surface area contributed by atoms with Crippen LogP contribution >= 0.6 is 0 Å². The van der Waals surface area contributed by atoms with Gasteiger partial charge in [-0.3, -0.25) is 9.10 Å². The van der Waals surface area contributed by atoms with Gasteiger partial charge in [-0.05, 0) is 43.5 Å². The van der Waals surface area contributed by atoms with Crippen LogP contribution in [0, 0.1) is 12.8 Å². The van der Waals surface area contributed by atoms with Crippen LogP contribution < -0.4 is 9.62 Å². The van der Waals surface area contributed by atoms with Crippen LogP contribution in [0.1, 0.15) is 55.5 Å². The predicted octanol–water partition coefficient (Wildman–Crippen LogP) is 4.77. The molecule has 0 radical (unpaired) electrons. The zero-order valence-electron chi connectivity index (χ0n) is 17.8. The van der Waals surface area contributed by atoms with Gasteiger partial charge in [0, 0.05) is 13.6 Å². The third-order valence-corrected chi connectivity index (χ3v) is 7.05. The quantitative estimate of drug-likeness (QED) is 0.607. The number of unbranched alkanes of at least 4 members (excludes halogenated alkanes) is 1. The summed E-state index contributed by atoms with van der Waals surface area (Å²) < 4.78 is 27.3. The summed E-state index contributed by atoms with van der Waals surface area (Å²) in [5, 5.41) is 2.99. The van der Waals surface area contributed by atoms with E-state index in [2.05, 4.69) is 19.2 Å². The Bertz CT molecular complexity index is 908. The summed E-state index contributed by atoms with van der Waals surface area (Å²) in [7, 11) is -2.28. The van der Waals surface area contributed by atoms with E-state index in [0.29, 0.717) is 23.7 Å². The molecule has 2 aromatic rings. The van der Waals surface area contributed by atoms with Crippen LogP contribution in [0.25, 0.3) is 0 Å². The number of carbonyl (C=O) groups excluding carboxylic acids is 1. The molecular formula is C23H32N2O3S. The Kier molecular flexibility index (Phi) is 8.26. The normalized spacial score (nSPS) is 12.4. The topological polar surface area (TPSA) is 66.5 Å². The number of rotatable bonds is 10. The molecule has 1 N–H and O–H groups in total. The number of para-hydroxylation sites is 1. The molecule has 2 rings (SSSR count). The van der Waals surface area contributed by atoms with Crippen molar-refractivity contribution in [2.45, 2.75) is 51.3 Å². The lowest BCUT2D eigenvalue weighted by Crippen LogP contribution is -2.32. The number of anilines is 1. The largest absolute Gasteiger partial charge is 0.352 e. The SMILES string of the molecule is CCCC[C@@H](CC)CNC(=O)c1ccccc1N(C)S(=O)(=O)c1ccc(C)cc1. The van der Waals surface area contributed by atoms with E-state index in [4.69, 9.17) is 0 Å². The van der Waals surface area contributed by atoms with Gasteiger partial charge in [-0.2, -0.15) is 0 Å². The molecule has 2 aromatic carbocycles. The second-order valence-corrected chi connectivity index (χ2v) is 9.40. The van der Waals surface area contributed by atoms with Crippen molar-refractivity contribution in [3.05, 3.63) is 59.7 Å². The number of nitrogens with zero attached hydrogens (tertiary/aromatic N) is 1. The molecule has 6 heteroatoms. The van der Waals surface area contributed by atoms with Crippen LogP contribution in [0.2, 0.25) is 0 Å². The fraction of sp³-hybridized carbons (Fsp3) is 0.435. The van der Waals surface area contributed by atoms with Crippen LogP contribution in [0.5, 0.6) is 0 Å². The third-order valence-electron chi connectivity index (χ3n) is 5.26. The van der Waals surface area contributed by atoms with E-state index in [1.54, 1.807) is 48.5 Å². The number of aryl methyl sites for hydroxylation is 1. The Labute approximate surface area is 175 Å². The van der Waals surface area contributed by atoms with Crippen LogP contribution in [0.4, 0.5) is 5.69 Å². The molecular weight excluding hydrogens is 384 g/mol. The van der Waals surface area contributed by atoms with Gasteiger partial charge in [0.1, 0.15) is 0 Å². The van der Waals surface area contributed by atoms with Crippen molar-refractivity contribution >= 4 is 21.6 Å². The van der Waals surface area contributed by atoms with Gasteiger partial charge in [-0.1, -0.05) is 62.9 Å². The fourth-order valence-corrected chi connectivity index (χ4v) is 4.43. The van der Waals surface area contributed by atoms with E-state index in [1.165, 1.54) is 11.4 Å². The predicted molar refractivity (Wildman–Crippen MR) is 119 cm³/mol. The molecule has 0 saturated heterocycles. The Morgan fingerprint density at radius 1 is 1.07 bits per heavy atom. The summed E-state index contributed by atoms with van der Waals surface area (Å²) in [4.78, 5) is 13.0. The minimum Gasteiger partial charge on any atom is -0.352 e. The summed E-state index contributed by atoms with van der Waals surface area (Å²) in [6, 6.07) is 13.5. The lowest BCUT2D eigenvalue weighted by molar-refractivity contribution is 0.0946. The van der Waals surface area contributed by atoms with Crippen LogP contribution in [0.15, 0.2) is 53.4 Å². The molecule has 0 bridgehead atoms. The lowest BCUT2D eigenvalue weighted by atomic mass is 9.99. The van der Waals surface area contributed by atoms with Gasteiger partial charge in [0.2, 0.25) is 0 Å². The molecule has 0 aliphatic rings. The number of amides is 1. The number of sulfonamides is 1. The Balaban J connectivity index is 2.23. The van der Waals surface area contributed by atoms with Crippen molar-refractivity contribution in [3.63, 3.8) is 0 Å². The summed E-state index contributed by atoms with van der Waals surface area (Å²) in [6.45, 7) is 6.79. The van der Waals surface area contributed by atoms with Gasteiger partial charge in [-0.25, -0.2) is 8.42 Å². The van der Waals surface area contributed by atoms with Crippen LogP contribution in [0.3, 0.4) is 0 Å². The molecule has 0 fully saturated rings.